The Hall–Kier alpha value is -3.88. The number of nitrogens with zero attached hydrogens (tertiary/aromatic N) is 4. The van der Waals surface area contributed by atoms with E-state index in [2.05, 4.69) is 25.7 Å². The monoisotopic (exact) mass is 570 g/mol. The predicted molar refractivity (Wildman–Crippen MR) is 129 cm³/mol. The van der Waals surface area contributed by atoms with Gasteiger partial charge in [-0.1, -0.05) is 6.07 Å². The summed E-state index contributed by atoms with van der Waals surface area (Å²) in [6.07, 6.45) is -6.10. The van der Waals surface area contributed by atoms with Gasteiger partial charge in [-0.3, -0.25) is 9.59 Å². The molecular formula is C25H27F5N6O4. The highest BCUT2D eigenvalue weighted by Gasteiger charge is 2.39. The number of pyridine rings is 1. The second kappa shape index (κ2) is 11.7. The average molecular weight is 571 g/mol. The van der Waals surface area contributed by atoms with Gasteiger partial charge in [0.25, 0.3) is 5.91 Å². The number of aliphatic hydroxyl groups is 1. The number of ether oxygens (including phenoxy) is 1. The van der Waals surface area contributed by atoms with E-state index >= 15 is 0 Å². The number of amides is 2. The molecule has 0 aromatic carbocycles. The van der Waals surface area contributed by atoms with Crippen LogP contribution in [-0.4, -0.2) is 55.7 Å². The van der Waals surface area contributed by atoms with Crippen LogP contribution in [0.4, 0.5) is 22.0 Å². The molecule has 0 radical (unpaired) electrons. The third kappa shape index (κ3) is 7.40. The molecule has 15 heteroatoms. The molecule has 1 aliphatic rings. The van der Waals surface area contributed by atoms with E-state index in [9.17, 15) is 36.6 Å². The van der Waals surface area contributed by atoms with E-state index in [0.717, 1.165) is 0 Å². The summed E-state index contributed by atoms with van der Waals surface area (Å²) in [6, 6.07) is 5.21. The maximum atomic E-state index is 13.9. The number of hydrogen-bond acceptors (Lipinski definition) is 7. The summed E-state index contributed by atoms with van der Waals surface area (Å²) in [5.41, 5.74) is 0.623. The number of nitrogens with one attached hydrogen (secondary N) is 2. The highest BCUT2D eigenvalue weighted by atomic mass is 19.4. The number of methoxy groups -OCH3 is 1. The summed E-state index contributed by atoms with van der Waals surface area (Å²) in [7, 11) is 1.40. The molecule has 3 heterocycles. The van der Waals surface area contributed by atoms with Gasteiger partial charge in [0.15, 0.2) is 11.9 Å². The zero-order chi connectivity index (χ0) is 29.1. The third-order valence-corrected chi connectivity index (χ3v) is 6.61. The Morgan fingerprint density at radius 1 is 1.20 bits per heavy atom. The van der Waals surface area contributed by atoms with Gasteiger partial charge in [-0.05, 0) is 30.9 Å². The quantitative estimate of drug-likeness (QED) is 0.263. The molecule has 2 amide bonds. The Labute approximate surface area is 224 Å². The number of fused-ring (bicyclic) bond motifs is 1. The molecule has 1 aliphatic carbocycles. The van der Waals surface area contributed by atoms with Gasteiger partial charge < -0.3 is 20.5 Å². The van der Waals surface area contributed by atoms with Crippen molar-refractivity contribution in [2.24, 2.45) is 5.92 Å². The number of carbonyl (C=O) groups is 2. The van der Waals surface area contributed by atoms with Crippen molar-refractivity contribution < 1.29 is 41.4 Å². The normalized spacial score (nSPS) is 17.3. The van der Waals surface area contributed by atoms with Gasteiger partial charge in [0.1, 0.15) is 5.69 Å². The zero-order valence-corrected chi connectivity index (χ0v) is 21.3. The van der Waals surface area contributed by atoms with Crippen LogP contribution in [0.2, 0.25) is 0 Å². The highest BCUT2D eigenvalue weighted by molar-refractivity contribution is 5.92. The fourth-order valence-corrected chi connectivity index (χ4v) is 4.47. The summed E-state index contributed by atoms with van der Waals surface area (Å²) in [6.45, 7) is 0. The van der Waals surface area contributed by atoms with Crippen LogP contribution in [-0.2, 0) is 4.79 Å². The highest BCUT2D eigenvalue weighted by Crippen LogP contribution is 2.41. The number of carbonyl (C=O) groups excluding carboxylic acids is 2. The number of halogens is 5. The van der Waals surface area contributed by atoms with E-state index in [4.69, 9.17) is 4.74 Å². The van der Waals surface area contributed by atoms with Crippen LogP contribution in [0, 0.1) is 5.92 Å². The summed E-state index contributed by atoms with van der Waals surface area (Å²) >= 11 is 0. The third-order valence-electron chi connectivity index (χ3n) is 6.61. The first-order valence-corrected chi connectivity index (χ1v) is 12.4. The molecule has 0 aliphatic heterocycles. The molecule has 0 unspecified atom stereocenters. The molecule has 2 atom stereocenters. The van der Waals surface area contributed by atoms with Gasteiger partial charge in [-0.25, -0.2) is 23.3 Å². The van der Waals surface area contributed by atoms with Crippen LogP contribution < -0.4 is 15.4 Å². The van der Waals surface area contributed by atoms with Crippen molar-refractivity contribution in [2.75, 3.05) is 7.11 Å². The van der Waals surface area contributed by atoms with Crippen LogP contribution in [0.25, 0.3) is 5.65 Å². The van der Waals surface area contributed by atoms with Gasteiger partial charge in [0.2, 0.25) is 17.7 Å². The molecule has 3 aromatic heterocycles. The van der Waals surface area contributed by atoms with Crippen LogP contribution in [0.15, 0.2) is 36.7 Å². The largest absolute Gasteiger partial charge is 0.481 e. The van der Waals surface area contributed by atoms with Crippen molar-refractivity contribution in [3.8, 4) is 5.88 Å². The smallest absolute Gasteiger partial charge is 0.389 e. The summed E-state index contributed by atoms with van der Waals surface area (Å²) in [5.74, 6) is -4.53. The van der Waals surface area contributed by atoms with Crippen molar-refractivity contribution in [2.45, 2.75) is 62.9 Å². The molecule has 3 aromatic rings. The SMILES string of the molecule is COc1cccc(C(=O)N[C@H](c2cn3ncc([C@@H](O)NC(=O)CCC(F)(F)F)cc3n2)C2CCC(F)(F)CC2)n1. The first kappa shape index (κ1) is 29.1. The minimum absolute atomic E-state index is 0.0547. The van der Waals surface area contributed by atoms with Gasteiger partial charge in [-0.2, -0.15) is 18.3 Å². The Balaban J connectivity index is 1.56. The molecule has 0 saturated heterocycles. The Bertz CT molecular complexity index is 1350. The first-order valence-electron chi connectivity index (χ1n) is 12.4. The molecule has 40 heavy (non-hydrogen) atoms. The van der Waals surface area contributed by atoms with Crippen molar-refractivity contribution in [3.63, 3.8) is 0 Å². The lowest BCUT2D eigenvalue weighted by atomic mass is 9.81. The fourth-order valence-electron chi connectivity index (χ4n) is 4.47. The Morgan fingerprint density at radius 2 is 1.93 bits per heavy atom. The number of hydrogen-bond donors (Lipinski definition) is 3. The Kier molecular flexibility index (Phi) is 8.51. The average Bonchev–Trinajstić information content (AvgIpc) is 3.33. The summed E-state index contributed by atoms with van der Waals surface area (Å²) in [4.78, 5) is 33.5. The van der Waals surface area contributed by atoms with Crippen molar-refractivity contribution in [1.29, 1.82) is 0 Å². The van der Waals surface area contributed by atoms with Gasteiger partial charge in [0.05, 0.1) is 37.7 Å². The van der Waals surface area contributed by atoms with E-state index < -0.39 is 49.0 Å². The summed E-state index contributed by atoms with van der Waals surface area (Å²) < 4.78 is 71.3. The van der Waals surface area contributed by atoms with E-state index in [1.165, 1.54) is 36.2 Å². The van der Waals surface area contributed by atoms with Crippen molar-refractivity contribution in [1.82, 2.24) is 30.2 Å². The molecule has 216 valence electrons. The van der Waals surface area contributed by atoms with Crippen LogP contribution in [0.3, 0.4) is 0 Å². The Morgan fingerprint density at radius 3 is 2.60 bits per heavy atom. The first-order chi connectivity index (χ1) is 18.8. The molecule has 0 spiro atoms. The molecule has 4 rings (SSSR count). The van der Waals surface area contributed by atoms with Crippen LogP contribution >= 0.6 is 0 Å². The predicted octanol–water partition coefficient (Wildman–Crippen LogP) is 3.88. The minimum Gasteiger partial charge on any atom is -0.481 e. The number of imidazole rings is 1. The lowest BCUT2D eigenvalue weighted by molar-refractivity contribution is -0.145. The fraction of sp³-hybridized carbons (Fsp3) is 0.480. The number of aromatic nitrogens is 4. The van der Waals surface area contributed by atoms with Crippen molar-refractivity contribution >= 4 is 17.5 Å². The lowest BCUT2D eigenvalue weighted by Gasteiger charge is -2.33. The molecule has 3 N–H and O–H groups in total. The van der Waals surface area contributed by atoms with Crippen LogP contribution in [0.1, 0.15) is 72.5 Å². The van der Waals surface area contributed by atoms with Gasteiger partial charge in [-0.15, -0.1) is 0 Å². The minimum atomic E-state index is -4.52. The second-order valence-corrected chi connectivity index (χ2v) is 9.55. The van der Waals surface area contributed by atoms with E-state index in [0.29, 0.717) is 5.69 Å². The number of rotatable bonds is 9. The maximum absolute atomic E-state index is 13.9. The molecule has 0 bridgehead atoms. The van der Waals surface area contributed by atoms with E-state index in [-0.39, 0.29) is 54.4 Å². The zero-order valence-electron chi connectivity index (χ0n) is 21.3. The maximum Gasteiger partial charge on any atom is 0.389 e. The second-order valence-electron chi connectivity index (χ2n) is 9.55. The van der Waals surface area contributed by atoms with E-state index in [1.54, 1.807) is 12.1 Å². The lowest BCUT2D eigenvalue weighted by Crippen LogP contribution is -2.37. The molecular weight excluding hydrogens is 543 g/mol. The van der Waals surface area contributed by atoms with Gasteiger partial charge >= 0.3 is 6.18 Å². The number of alkyl halides is 5. The van der Waals surface area contributed by atoms with E-state index in [1.807, 2.05) is 0 Å². The molecule has 1 saturated carbocycles. The number of aliphatic hydroxyl groups excluding tert-OH is 1. The van der Waals surface area contributed by atoms with Gasteiger partial charge in [0, 0.05) is 30.9 Å². The van der Waals surface area contributed by atoms with Crippen LogP contribution in [0.5, 0.6) is 5.88 Å². The molecule has 10 nitrogen and oxygen atoms in total. The van der Waals surface area contributed by atoms with Crippen molar-refractivity contribution in [3.05, 3.63) is 53.6 Å². The standard InChI is InChI=1S/C25H27F5N6O4/c1-40-20-4-2-3-16(33-20)23(39)35-21(14-5-8-24(26,27)9-6-14)17-13-36-18(32-17)11-15(12-31-36)22(38)34-19(37)7-10-25(28,29)30/h2-4,11-14,21-22,38H,5-10H2,1H3,(H,34,37)(H,35,39)/t21-,22+/m0/s1. The summed E-state index contributed by atoms with van der Waals surface area (Å²) in [5, 5.41) is 19.3. The molecule has 1 fully saturated rings. The topological polar surface area (TPSA) is 131 Å².